The van der Waals surface area contributed by atoms with Gasteiger partial charge in [-0.15, -0.1) is 0 Å². The number of rotatable bonds is 3. The molecule has 3 unspecified atom stereocenters. The molecule has 3 rings (SSSR count). The number of nitrogens with one attached hydrogen (secondary N) is 2. The molecule has 1 saturated heterocycles. The molecule has 2 N–H and O–H groups in total. The van der Waals surface area contributed by atoms with Gasteiger partial charge in [-0.05, 0) is 44.2 Å². The van der Waals surface area contributed by atoms with Gasteiger partial charge >= 0.3 is 0 Å². The van der Waals surface area contributed by atoms with Gasteiger partial charge < -0.3 is 15.2 Å². The lowest BCUT2D eigenvalue weighted by atomic mass is 9.93. The van der Waals surface area contributed by atoms with Crippen molar-refractivity contribution in [2.75, 3.05) is 11.9 Å². The third-order valence-electron chi connectivity index (χ3n) is 4.62. The van der Waals surface area contributed by atoms with Crippen molar-refractivity contribution < 1.29 is 0 Å². The smallest absolute Gasteiger partial charge is 0.250 e. The van der Waals surface area contributed by atoms with E-state index in [0.717, 1.165) is 11.6 Å². The maximum Gasteiger partial charge on any atom is 0.250 e. The second kappa shape index (κ2) is 5.37. The fourth-order valence-corrected chi connectivity index (χ4v) is 3.62. The Hall–Kier alpha value is -1.29. The van der Waals surface area contributed by atoms with Gasteiger partial charge in [0.25, 0.3) is 0 Å². The van der Waals surface area contributed by atoms with Crippen LogP contribution in [0.3, 0.4) is 0 Å². The van der Waals surface area contributed by atoms with Crippen LogP contribution in [0.15, 0.2) is 23.1 Å². The first-order chi connectivity index (χ1) is 9.24. The van der Waals surface area contributed by atoms with Crippen molar-refractivity contribution in [3.63, 3.8) is 0 Å². The third-order valence-corrected chi connectivity index (χ3v) is 4.62. The number of aryl methyl sites for hydroxylation is 1. The summed E-state index contributed by atoms with van der Waals surface area (Å²) in [7, 11) is 1.80. The van der Waals surface area contributed by atoms with Crippen LogP contribution in [0.1, 0.15) is 32.1 Å². The molecule has 1 saturated carbocycles. The maximum absolute atomic E-state index is 11.4. The molecule has 0 radical (unpaired) electrons. The highest BCUT2D eigenvalue weighted by Crippen LogP contribution is 2.33. The minimum absolute atomic E-state index is 0.0472. The zero-order valence-corrected chi connectivity index (χ0v) is 11.6. The molecule has 4 nitrogen and oxygen atoms in total. The molecule has 0 amide bonds. The van der Waals surface area contributed by atoms with Crippen molar-refractivity contribution in [3.8, 4) is 0 Å². The van der Waals surface area contributed by atoms with Crippen molar-refractivity contribution in [2.45, 2.75) is 44.2 Å². The number of anilines is 1. The first-order valence-corrected chi connectivity index (χ1v) is 7.40. The van der Waals surface area contributed by atoms with E-state index in [4.69, 9.17) is 0 Å². The van der Waals surface area contributed by atoms with Crippen molar-refractivity contribution in [1.29, 1.82) is 0 Å². The van der Waals surface area contributed by atoms with Gasteiger partial charge in [-0.2, -0.15) is 0 Å². The van der Waals surface area contributed by atoms with E-state index in [-0.39, 0.29) is 5.56 Å². The molecule has 104 valence electrons. The lowest BCUT2D eigenvalue weighted by Crippen LogP contribution is -2.38. The standard InChI is InChI=1S/C15H23N3O/c1-18-10-11(7-8-15(18)19)17-14-5-2-4-12(14)13-6-3-9-16-13/h7-8,10,12-14,16-17H,2-6,9H2,1H3. The molecule has 0 aromatic carbocycles. The Kier molecular flexibility index (Phi) is 3.60. The Balaban J connectivity index is 1.70. The Bertz CT molecular complexity index is 490. The fraction of sp³-hybridized carbons (Fsp3) is 0.667. The SMILES string of the molecule is Cn1cc(NC2CCCC2C2CCCN2)ccc1=O. The van der Waals surface area contributed by atoms with Crippen molar-refractivity contribution in [1.82, 2.24) is 9.88 Å². The predicted octanol–water partition coefficient (Wildman–Crippen LogP) is 1.72. The first-order valence-electron chi connectivity index (χ1n) is 7.40. The molecule has 19 heavy (non-hydrogen) atoms. The Labute approximate surface area is 114 Å². The van der Waals surface area contributed by atoms with E-state index >= 15 is 0 Å². The molecular formula is C15H23N3O. The summed E-state index contributed by atoms with van der Waals surface area (Å²) in [5.41, 5.74) is 1.11. The summed E-state index contributed by atoms with van der Waals surface area (Å²) in [6, 6.07) is 4.78. The summed E-state index contributed by atoms with van der Waals surface area (Å²) in [4.78, 5) is 11.4. The summed E-state index contributed by atoms with van der Waals surface area (Å²) in [5, 5.41) is 7.28. The minimum atomic E-state index is 0.0472. The summed E-state index contributed by atoms with van der Waals surface area (Å²) in [6.45, 7) is 1.17. The lowest BCUT2D eigenvalue weighted by molar-refractivity contribution is 0.376. The predicted molar refractivity (Wildman–Crippen MR) is 77.5 cm³/mol. The molecule has 2 aliphatic rings. The van der Waals surface area contributed by atoms with Gasteiger partial charge in [0, 0.05) is 31.4 Å². The van der Waals surface area contributed by atoms with Crippen molar-refractivity contribution in [2.24, 2.45) is 13.0 Å². The number of hydrogen-bond acceptors (Lipinski definition) is 3. The molecule has 1 aliphatic heterocycles. The van der Waals surface area contributed by atoms with Crippen LogP contribution in [-0.2, 0) is 7.05 Å². The van der Waals surface area contributed by atoms with Gasteiger partial charge in [0.15, 0.2) is 0 Å². The van der Waals surface area contributed by atoms with Crippen LogP contribution in [0.25, 0.3) is 0 Å². The molecule has 2 heterocycles. The second-order valence-electron chi connectivity index (χ2n) is 5.92. The summed E-state index contributed by atoms with van der Waals surface area (Å²) < 4.78 is 1.64. The number of pyridine rings is 1. The van der Waals surface area contributed by atoms with Gasteiger partial charge in [0.05, 0.1) is 5.69 Å². The molecule has 1 aromatic rings. The van der Waals surface area contributed by atoms with Gasteiger partial charge in [0.2, 0.25) is 5.56 Å². The van der Waals surface area contributed by atoms with Gasteiger partial charge in [-0.1, -0.05) is 6.42 Å². The zero-order chi connectivity index (χ0) is 13.2. The van der Waals surface area contributed by atoms with Gasteiger partial charge in [-0.25, -0.2) is 0 Å². The average molecular weight is 261 g/mol. The summed E-state index contributed by atoms with van der Waals surface area (Å²) in [5.74, 6) is 0.736. The number of aromatic nitrogens is 1. The Morgan fingerprint density at radius 3 is 2.89 bits per heavy atom. The van der Waals surface area contributed by atoms with Crippen molar-refractivity contribution >= 4 is 5.69 Å². The average Bonchev–Trinajstić information content (AvgIpc) is 3.04. The summed E-state index contributed by atoms with van der Waals surface area (Å²) >= 11 is 0. The van der Waals surface area contributed by atoms with E-state index in [1.54, 1.807) is 17.7 Å². The van der Waals surface area contributed by atoms with Crippen LogP contribution in [-0.4, -0.2) is 23.2 Å². The monoisotopic (exact) mass is 261 g/mol. The minimum Gasteiger partial charge on any atom is -0.381 e. The van der Waals surface area contributed by atoms with Crippen LogP contribution >= 0.6 is 0 Å². The normalized spacial score (nSPS) is 30.7. The topological polar surface area (TPSA) is 46.1 Å². The largest absolute Gasteiger partial charge is 0.381 e. The molecule has 0 spiro atoms. The summed E-state index contributed by atoms with van der Waals surface area (Å²) in [6.07, 6.45) is 8.41. The van der Waals surface area contributed by atoms with E-state index in [1.807, 2.05) is 12.3 Å². The lowest BCUT2D eigenvalue weighted by Gasteiger charge is -2.27. The first kappa shape index (κ1) is 12.7. The molecule has 1 aromatic heterocycles. The molecule has 1 aliphatic carbocycles. The quantitative estimate of drug-likeness (QED) is 0.871. The second-order valence-corrected chi connectivity index (χ2v) is 5.92. The van der Waals surface area contributed by atoms with Gasteiger partial charge in [-0.3, -0.25) is 4.79 Å². The van der Waals surface area contributed by atoms with Crippen molar-refractivity contribution in [3.05, 3.63) is 28.7 Å². The van der Waals surface area contributed by atoms with E-state index in [2.05, 4.69) is 10.6 Å². The van der Waals surface area contributed by atoms with Crippen LogP contribution in [0, 0.1) is 5.92 Å². The molecular weight excluding hydrogens is 238 g/mol. The third kappa shape index (κ3) is 2.68. The molecule has 0 bridgehead atoms. The highest BCUT2D eigenvalue weighted by Gasteiger charge is 2.34. The zero-order valence-electron chi connectivity index (χ0n) is 11.6. The molecule has 4 heteroatoms. The van der Waals surface area contributed by atoms with E-state index < -0.39 is 0 Å². The number of nitrogens with zero attached hydrogens (tertiary/aromatic N) is 1. The molecule has 2 fully saturated rings. The molecule has 3 atom stereocenters. The Morgan fingerprint density at radius 1 is 1.26 bits per heavy atom. The van der Waals surface area contributed by atoms with Crippen LogP contribution < -0.4 is 16.2 Å². The van der Waals surface area contributed by atoms with Crippen LogP contribution in [0.4, 0.5) is 5.69 Å². The Morgan fingerprint density at radius 2 is 2.16 bits per heavy atom. The maximum atomic E-state index is 11.4. The van der Waals surface area contributed by atoms with Crippen LogP contribution in [0.2, 0.25) is 0 Å². The van der Waals surface area contributed by atoms with E-state index in [1.165, 1.54) is 38.6 Å². The van der Waals surface area contributed by atoms with E-state index in [0.29, 0.717) is 12.1 Å². The highest BCUT2D eigenvalue weighted by molar-refractivity contribution is 5.41. The highest BCUT2D eigenvalue weighted by atomic mass is 16.1. The van der Waals surface area contributed by atoms with Crippen LogP contribution in [0.5, 0.6) is 0 Å². The fourth-order valence-electron chi connectivity index (χ4n) is 3.62. The van der Waals surface area contributed by atoms with Gasteiger partial charge in [0.1, 0.15) is 0 Å². The van der Waals surface area contributed by atoms with E-state index in [9.17, 15) is 4.79 Å². The number of hydrogen-bond donors (Lipinski definition) is 2.